The molecule has 0 unspecified atom stereocenters. The van der Waals surface area contributed by atoms with Crippen LogP contribution in [0.1, 0.15) is 29.2 Å². The Bertz CT molecular complexity index is 1020. The average Bonchev–Trinajstić information content (AvgIpc) is 3.22. The second-order valence-corrected chi connectivity index (χ2v) is 7.50. The third-order valence-corrected chi connectivity index (χ3v) is 5.48. The molecule has 0 aromatic heterocycles. The van der Waals surface area contributed by atoms with Crippen LogP contribution in [0.4, 0.5) is 0 Å². The molecule has 1 aliphatic rings. The van der Waals surface area contributed by atoms with E-state index >= 15 is 0 Å². The number of halogens is 1. The lowest BCUT2D eigenvalue weighted by Crippen LogP contribution is -2.33. The molecule has 3 aromatic rings. The highest BCUT2D eigenvalue weighted by Gasteiger charge is 2.27. The van der Waals surface area contributed by atoms with Gasteiger partial charge in [0.2, 0.25) is 0 Å². The third kappa shape index (κ3) is 4.60. The van der Waals surface area contributed by atoms with E-state index in [4.69, 9.17) is 16.3 Å². The first kappa shape index (κ1) is 19.5. The molecule has 1 saturated heterocycles. The summed E-state index contributed by atoms with van der Waals surface area (Å²) in [7, 11) is 0. The first-order chi connectivity index (χ1) is 14.2. The average molecular weight is 404 g/mol. The lowest BCUT2D eigenvalue weighted by atomic mass is 10.0. The van der Waals surface area contributed by atoms with E-state index in [-0.39, 0.29) is 0 Å². The van der Waals surface area contributed by atoms with Crippen molar-refractivity contribution in [2.24, 2.45) is 0 Å². The van der Waals surface area contributed by atoms with E-state index in [1.165, 1.54) is 5.56 Å². The van der Waals surface area contributed by atoms with Gasteiger partial charge in [0.1, 0.15) is 23.1 Å². The Kier molecular flexibility index (Phi) is 6.12. The molecule has 2 N–H and O–H groups in total. The summed E-state index contributed by atoms with van der Waals surface area (Å²) in [4.78, 5) is 0. The second-order valence-electron chi connectivity index (χ2n) is 7.09. The van der Waals surface area contributed by atoms with Gasteiger partial charge in [-0.2, -0.15) is 5.26 Å². The topological polar surface area (TPSA) is 57.1 Å². The van der Waals surface area contributed by atoms with Gasteiger partial charge >= 0.3 is 0 Å². The Hall–Kier alpha value is -2.84. The Morgan fingerprint density at radius 2 is 1.90 bits per heavy atom. The lowest BCUT2D eigenvalue weighted by Gasteiger charge is -2.21. The zero-order chi connectivity index (χ0) is 20.1. The molecule has 0 spiro atoms. The number of nitrogens with one attached hydrogen (secondary N) is 2. The van der Waals surface area contributed by atoms with Crippen LogP contribution in [0.5, 0.6) is 11.5 Å². The molecule has 2 atom stereocenters. The summed E-state index contributed by atoms with van der Waals surface area (Å²) in [6.45, 7) is 1.75. The molecule has 1 aliphatic heterocycles. The van der Waals surface area contributed by atoms with Crippen LogP contribution in [0.3, 0.4) is 0 Å². The van der Waals surface area contributed by atoms with Gasteiger partial charge in [0.15, 0.2) is 0 Å². The summed E-state index contributed by atoms with van der Waals surface area (Å²) in [5.41, 5.74) is 2.78. The minimum atomic E-state index is 0.320. The maximum Gasteiger partial charge on any atom is 0.146 e. The summed E-state index contributed by atoms with van der Waals surface area (Å²) >= 11 is 6.10. The zero-order valence-corrected chi connectivity index (χ0v) is 16.7. The Balaban J connectivity index is 1.43. The molecule has 1 fully saturated rings. The minimum absolute atomic E-state index is 0.320. The summed E-state index contributed by atoms with van der Waals surface area (Å²) in [6.07, 6.45) is 1.09. The fraction of sp³-hybridized carbons (Fsp3) is 0.208. The smallest absolute Gasteiger partial charge is 0.146 e. The Morgan fingerprint density at radius 3 is 2.72 bits per heavy atom. The number of nitrogens with zero attached hydrogens (tertiary/aromatic N) is 1. The Labute approximate surface area is 176 Å². The zero-order valence-electron chi connectivity index (χ0n) is 15.9. The van der Waals surface area contributed by atoms with Crippen molar-refractivity contribution in [3.05, 3.63) is 94.5 Å². The molecule has 5 heteroatoms. The van der Waals surface area contributed by atoms with Crippen molar-refractivity contribution in [2.45, 2.75) is 25.0 Å². The molecule has 146 valence electrons. The van der Waals surface area contributed by atoms with Crippen LogP contribution in [0.2, 0.25) is 5.02 Å². The van der Waals surface area contributed by atoms with Gasteiger partial charge < -0.3 is 15.4 Å². The maximum atomic E-state index is 9.33. The van der Waals surface area contributed by atoms with Crippen LogP contribution in [0.15, 0.2) is 72.8 Å². The first-order valence-electron chi connectivity index (χ1n) is 9.72. The molecule has 0 saturated carbocycles. The molecule has 29 heavy (non-hydrogen) atoms. The summed E-state index contributed by atoms with van der Waals surface area (Å²) < 4.78 is 5.94. The van der Waals surface area contributed by atoms with Crippen LogP contribution >= 0.6 is 11.6 Å². The maximum absolute atomic E-state index is 9.33. The van der Waals surface area contributed by atoms with Gasteiger partial charge in [-0.25, -0.2) is 0 Å². The van der Waals surface area contributed by atoms with Crippen LogP contribution < -0.4 is 15.4 Å². The van der Waals surface area contributed by atoms with E-state index in [2.05, 4.69) is 47.0 Å². The van der Waals surface area contributed by atoms with Crippen molar-refractivity contribution in [3.8, 4) is 17.6 Å². The molecule has 0 bridgehead atoms. The van der Waals surface area contributed by atoms with Crippen LogP contribution in [0, 0.1) is 11.3 Å². The standard InChI is InChI=1S/C24H22ClN3O/c25-21-10-5-11-23(20(21)15-26)29-19-9-4-6-17(14-19)16-28-22-12-13-27-24(22)18-7-2-1-3-8-18/h1-11,14,22,24,27-28H,12-13,16H2/t22-,24-/m1/s1. The molecule has 4 rings (SSSR count). The van der Waals surface area contributed by atoms with Crippen LogP contribution in [-0.4, -0.2) is 12.6 Å². The first-order valence-corrected chi connectivity index (χ1v) is 10.1. The highest BCUT2D eigenvalue weighted by molar-refractivity contribution is 6.31. The summed E-state index contributed by atoms with van der Waals surface area (Å²) in [5.74, 6) is 1.15. The van der Waals surface area contributed by atoms with Crippen molar-refractivity contribution in [1.82, 2.24) is 10.6 Å². The number of hydrogen-bond acceptors (Lipinski definition) is 4. The van der Waals surface area contributed by atoms with Gasteiger partial charge in [-0.1, -0.05) is 60.1 Å². The van der Waals surface area contributed by atoms with E-state index < -0.39 is 0 Å². The molecule has 0 amide bonds. The van der Waals surface area contributed by atoms with Crippen LogP contribution in [-0.2, 0) is 6.54 Å². The molecule has 1 heterocycles. The normalized spacial score (nSPS) is 18.3. The fourth-order valence-electron chi connectivity index (χ4n) is 3.73. The number of nitriles is 1. The van der Waals surface area contributed by atoms with Crippen molar-refractivity contribution >= 4 is 11.6 Å². The SMILES string of the molecule is N#Cc1c(Cl)cccc1Oc1cccc(CN[C@@H]2CCN[C@@H]2c2ccccc2)c1. The van der Waals surface area contributed by atoms with E-state index in [1.807, 2.05) is 24.3 Å². The number of hydrogen-bond donors (Lipinski definition) is 2. The van der Waals surface area contributed by atoms with Gasteiger partial charge in [0.05, 0.1) is 5.02 Å². The molecular formula is C24H22ClN3O. The summed E-state index contributed by atoms with van der Waals surface area (Å²) in [5, 5.41) is 17.0. The van der Waals surface area contributed by atoms with E-state index in [1.54, 1.807) is 18.2 Å². The predicted octanol–water partition coefficient (Wildman–Crippen LogP) is 5.20. The van der Waals surface area contributed by atoms with E-state index in [0.717, 1.165) is 25.1 Å². The highest BCUT2D eigenvalue weighted by atomic mass is 35.5. The molecular weight excluding hydrogens is 382 g/mol. The number of rotatable bonds is 6. The second kappa shape index (κ2) is 9.11. The van der Waals surface area contributed by atoms with Gasteiger partial charge in [0, 0.05) is 18.6 Å². The van der Waals surface area contributed by atoms with E-state index in [9.17, 15) is 5.26 Å². The lowest BCUT2D eigenvalue weighted by molar-refractivity contribution is 0.458. The minimum Gasteiger partial charge on any atom is -0.456 e. The van der Waals surface area contributed by atoms with Crippen molar-refractivity contribution in [2.75, 3.05) is 6.54 Å². The van der Waals surface area contributed by atoms with Crippen molar-refractivity contribution < 1.29 is 4.74 Å². The number of benzene rings is 3. The largest absolute Gasteiger partial charge is 0.456 e. The third-order valence-electron chi connectivity index (χ3n) is 5.16. The predicted molar refractivity (Wildman–Crippen MR) is 115 cm³/mol. The van der Waals surface area contributed by atoms with Gasteiger partial charge in [-0.15, -0.1) is 0 Å². The number of ether oxygens (including phenoxy) is 1. The van der Waals surface area contributed by atoms with E-state index in [0.29, 0.717) is 34.2 Å². The van der Waals surface area contributed by atoms with Crippen LogP contribution in [0.25, 0.3) is 0 Å². The van der Waals surface area contributed by atoms with Crippen molar-refractivity contribution in [1.29, 1.82) is 5.26 Å². The highest BCUT2D eigenvalue weighted by Crippen LogP contribution is 2.30. The molecule has 0 aliphatic carbocycles. The fourth-order valence-corrected chi connectivity index (χ4v) is 3.93. The van der Waals surface area contributed by atoms with Crippen molar-refractivity contribution in [3.63, 3.8) is 0 Å². The van der Waals surface area contributed by atoms with Gasteiger partial charge in [-0.05, 0) is 48.4 Å². The van der Waals surface area contributed by atoms with Gasteiger partial charge in [-0.3, -0.25) is 0 Å². The van der Waals surface area contributed by atoms with Gasteiger partial charge in [0.25, 0.3) is 0 Å². The molecule has 3 aromatic carbocycles. The quantitative estimate of drug-likeness (QED) is 0.594. The monoisotopic (exact) mass is 403 g/mol. The molecule has 4 nitrogen and oxygen atoms in total. The molecule has 0 radical (unpaired) electrons. The summed E-state index contributed by atoms with van der Waals surface area (Å²) in [6, 6.07) is 26.5. The Morgan fingerprint density at radius 1 is 1.07 bits per heavy atom.